The van der Waals surface area contributed by atoms with Crippen molar-refractivity contribution >= 4 is 22.8 Å². The third-order valence-corrected chi connectivity index (χ3v) is 4.24. The van der Waals surface area contributed by atoms with Crippen molar-refractivity contribution in [1.29, 1.82) is 0 Å². The van der Waals surface area contributed by atoms with Crippen molar-refractivity contribution < 1.29 is 4.79 Å². The zero-order valence-corrected chi connectivity index (χ0v) is 11.6. The highest BCUT2D eigenvalue weighted by Gasteiger charge is 2.17. The molecule has 21 heavy (non-hydrogen) atoms. The van der Waals surface area contributed by atoms with Crippen molar-refractivity contribution in [2.75, 3.05) is 0 Å². The Kier molecular flexibility index (Phi) is 2.74. The molecule has 4 rings (SSSR count). The molecule has 0 amide bonds. The van der Waals surface area contributed by atoms with Crippen LogP contribution in [0.1, 0.15) is 27.2 Å². The number of carbonyl (C=O) groups excluding carboxylic acids is 1. The lowest BCUT2D eigenvalue weighted by molar-refractivity contribution is 0.112. The number of benzene rings is 2. The average Bonchev–Trinajstić information content (AvgIpc) is 3.09. The molecule has 0 atom stereocenters. The van der Waals surface area contributed by atoms with E-state index < -0.39 is 0 Å². The third-order valence-electron chi connectivity index (χ3n) is 4.24. The summed E-state index contributed by atoms with van der Waals surface area (Å²) in [6, 6.07) is 16.5. The van der Waals surface area contributed by atoms with Crippen LogP contribution in [0.2, 0.25) is 0 Å². The quantitative estimate of drug-likeness (QED) is 0.714. The maximum Gasteiger partial charge on any atom is 0.152 e. The first-order valence-electron chi connectivity index (χ1n) is 7.19. The maximum atomic E-state index is 11.5. The van der Waals surface area contributed by atoms with E-state index in [2.05, 4.69) is 35.3 Å². The van der Waals surface area contributed by atoms with Gasteiger partial charge in [0.1, 0.15) is 0 Å². The Morgan fingerprint density at radius 2 is 1.86 bits per heavy atom. The van der Waals surface area contributed by atoms with Gasteiger partial charge in [-0.15, -0.1) is 0 Å². The number of rotatable bonds is 3. The van der Waals surface area contributed by atoms with Gasteiger partial charge in [0.2, 0.25) is 0 Å². The summed E-state index contributed by atoms with van der Waals surface area (Å²) in [7, 11) is 0. The molecule has 1 heterocycles. The van der Waals surface area contributed by atoms with Crippen molar-refractivity contribution in [3.8, 4) is 0 Å². The fraction of sp³-hybridized carbons (Fsp3) is 0.105. The van der Waals surface area contributed by atoms with Crippen LogP contribution in [-0.4, -0.2) is 11.3 Å². The van der Waals surface area contributed by atoms with E-state index in [9.17, 15) is 4.79 Å². The minimum Gasteiger partial charge on any atom is -0.358 e. The van der Waals surface area contributed by atoms with Gasteiger partial charge in [-0.2, -0.15) is 0 Å². The summed E-state index contributed by atoms with van der Waals surface area (Å²) in [4.78, 5) is 14.9. The lowest BCUT2D eigenvalue weighted by Gasteiger charge is -2.05. The SMILES string of the molecule is O=Cc1c(CC2=CCc3ccccc32)[nH]c2ccccc12. The van der Waals surface area contributed by atoms with Crippen molar-refractivity contribution in [2.45, 2.75) is 12.8 Å². The summed E-state index contributed by atoms with van der Waals surface area (Å²) in [5, 5.41) is 1.01. The summed E-state index contributed by atoms with van der Waals surface area (Å²) in [5.41, 5.74) is 6.82. The summed E-state index contributed by atoms with van der Waals surface area (Å²) >= 11 is 0. The number of aromatic nitrogens is 1. The van der Waals surface area contributed by atoms with Gasteiger partial charge in [-0.3, -0.25) is 4.79 Å². The van der Waals surface area contributed by atoms with Crippen LogP contribution in [-0.2, 0) is 12.8 Å². The Morgan fingerprint density at radius 1 is 1.05 bits per heavy atom. The minimum absolute atomic E-state index is 0.778. The highest BCUT2D eigenvalue weighted by atomic mass is 16.1. The number of carbonyl (C=O) groups is 1. The van der Waals surface area contributed by atoms with Gasteiger partial charge >= 0.3 is 0 Å². The van der Waals surface area contributed by atoms with E-state index in [1.807, 2.05) is 24.3 Å². The predicted molar refractivity (Wildman–Crippen MR) is 85.5 cm³/mol. The number of hydrogen-bond donors (Lipinski definition) is 1. The zero-order valence-electron chi connectivity index (χ0n) is 11.6. The van der Waals surface area contributed by atoms with E-state index in [-0.39, 0.29) is 0 Å². The molecule has 0 spiro atoms. The zero-order chi connectivity index (χ0) is 14.2. The lowest BCUT2D eigenvalue weighted by atomic mass is 10.0. The first-order chi connectivity index (χ1) is 10.4. The number of aromatic amines is 1. The summed E-state index contributed by atoms with van der Waals surface area (Å²) in [6.07, 6.45) is 5.00. The van der Waals surface area contributed by atoms with Crippen LogP contribution in [0.25, 0.3) is 16.5 Å². The molecular weight excluding hydrogens is 258 g/mol. The van der Waals surface area contributed by atoms with Crippen molar-refractivity contribution in [1.82, 2.24) is 4.98 Å². The molecule has 0 saturated carbocycles. The molecule has 0 fully saturated rings. The van der Waals surface area contributed by atoms with E-state index in [4.69, 9.17) is 0 Å². The van der Waals surface area contributed by atoms with Crippen LogP contribution in [0.5, 0.6) is 0 Å². The van der Waals surface area contributed by atoms with Crippen LogP contribution in [0, 0.1) is 0 Å². The molecule has 0 aliphatic heterocycles. The van der Waals surface area contributed by atoms with Crippen LogP contribution in [0.4, 0.5) is 0 Å². The van der Waals surface area contributed by atoms with E-state index in [0.29, 0.717) is 0 Å². The molecule has 0 saturated heterocycles. The summed E-state index contributed by atoms with van der Waals surface area (Å²) in [5.74, 6) is 0. The second-order valence-corrected chi connectivity index (χ2v) is 5.45. The van der Waals surface area contributed by atoms with Crippen LogP contribution in [0.15, 0.2) is 54.6 Å². The molecule has 2 aromatic carbocycles. The number of nitrogens with one attached hydrogen (secondary N) is 1. The normalized spacial score (nSPS) is 13.2. The number of aldehydes is 1. The average molecular weight is 273 g/mol. The lowest BCUT2D eigenvalue weighted by Crippen LogP contribution is -1.93. The van der Waals surface area contributed by atoms with Gasteiger partial charge in [-0.25, -0.2) is 0 Å². The Bertz CT molecular complexity index is 870. The van der Waals surface area contributed by atoms with Crippen LogP contribution >= 0.6 is 0 Å². The molecule has 2 heteroatoms. The van der Waals surface area contributed by atoms with E-state index in [1.165, 1.54) is 16.7 Å². The molecule has 102 valence electrons. The second kappa shape index (κ2) is 4.74. The number of H-pyrrole nitrogens is 1. The molecular formula is C19H15NO. The summed E-state index contributed by atoms with van der Waals surface area (Å²) in [6.45, 7) is 0. The molecule has 1 N–H and O–H groups in total. The molecule has 0 bridgehead atoms. The van der Waals surface area contributed by atoms with Crippen molar-refractivity contribution in [2.24, 2.45) is 0 Å². The molecule has 2 nitrogen and oxygen atoms in total. The molecule has 1 aromatic heterocycles. The Hall–Kier alpha value is -2.61. The number of para-hydroxylation sites is 1. The van der Waals surface area contributed by atoms with Crippen molar-refractivity contribution in [3.05, 3.63) is 77.0 Å². The highest BCUT2D eigenvalue weighted by Crippen LogP contribution is 2.31. The molecule has 3 aromatic rings. The fourth-order valence-electron chi connectivity index (χ4n) is 3.21. The molecule has 0 radical (unpaired) electrons. The van der Waals surface area contributed by atoms with Gasteiger partial charge in [0.05, 0.1) is 0 Å². The first-order valence-corrected chi connectivity index (χ1v) is 7.19. The van der Waals surface area contributed by atoms with Crippen molar-refractivity contribution in [3.63, 3.8) is 0 Å². The third kappa shape index (κ3) is 1.91. The van der Waals surface area contributed by atoms with Gasteiger partial charge in [-0.1, -0.05) is 48.5 Å². The summed E-state index contributed by atoms with van der Waals surface area (Å²) < 4.78 is 0. The van der Waals surface area contributed by atoms with Gasteiger partial charge in [0, 0.05) is 28.6 Å². The van der Waals surface area contributed by atoms with Gasteiger partial charge in [-0.05, 0) is 29.2 Å². The fourth-order valence-corrected chi connectivity index (χ4v) is 3.21. The molecule has 0 unspecified atom stereocenters. The van der Waals surface area contributed by atoms with Gasteiger partial charge in [0.15, 0.2) is 6.29 Å². The Balaban J connectivity index is 1.77. The number of fused-ring (bicyclic) bond motifs is 2. The minimum atomic E-state index is 0.778. The standard InChI is InChI=1S/C19H15NO/c21-12-17-16-7-3-4-8-18(16)20-19(17)11-14-10-9-13-5-1-2-6-15(13)14/h1-8,10,12,20H,9,11H2. The number of allylic oxidation sites excluding steroid dienone is 2. The monoisotopic (exact) mass is 273 g/mol. The second-order valence-electron chi connectivity index (χ2n) is 5.45. The highest BCUT2D eigenvalue weighted by molar-refractivity contribution is 5.99. The first kappa shape index (κ1) is 12.2. The number of hydrogen-bond acceptors (Lipinski definition) is 1. The molecule has 1 aliphatic rings. The smallest absolute Gasteiger partial charge is 0.152 e. The van der Waals surface area contributed by atoms with Crippen LogP contribution in [0.3, 0.4) is 0 Å². The predicted octanol–water partition coefficient (Wildman–Crippen LogP) is 4.16. The van der Waals surface area contributed by atoms with Crippen LogP contribution < -0.4 is 0 Å². The maximum absolute atomic E-state index is 11.5. The van der Waals surface area contributed by atoms with E-state index >= 15 is 0 Å². The molecule has 1 aliphatic carbocycles. The largest absolute Gasteiger partial charge is 0.358 e. The topological polar surface area (TPSA) is 32.9 Å². The Labute approximate surface area is 123 Å². The van der Waals surface area contributed by atoms with Gasteiger partial charge in [0.25, 0.3) is 0 Å². The Morgan fingerprint density at radius 3 is 2.76 bits per heavy atom. The van der Waals surface area contributed by atoms with E-state index in [0.717, 1.165) is 41.3 Å². The van der Waals surface area contributed by atoms with Gasteiger partial charge < -0.3 is 4.98 Å². The van der Waals surface area contributed by atoms with E-state index in [1.54, 1.807) is 0 Å².